The molecular weight excluding hydrogens is 246 g/mol. The lowest BCUT2D eigenvalue weighted by molar-refractivity contribution is 0.175. The Morgan fingerprint density at radius 1 is 1.05 bits per heavy atom. The van der Waals surface area contributed by atoms with Gasteiger partial charge in [-0.3, -0.25) is 0 Å². The molecule has 1 rings (SSSR count). The SMILES string of the molecule is CCN(CC)CCCN(CC)C(C)CC1CCCCN1. The zero-order valence-electron chi connectivity index (χ0n) is 14.3. The Hall–Kier alpha value is -0.120. The van der Waals surface area contributed by atoms with Gasteiger partial charge < -0.3 is 15.1 Å². The largest absolute Gasteiger partial charge is 0.314 e. The molecule has 0 spiro atoms. The fourth-order valence-corrected chi connectivity index (χ4v) is 3.41. The van der Waals surface area contributed by atoms with Crippen molar-refractivity contribution in [2.24, 2.45) is 0 Å². The van der Waals surface area contributed by atoms with Crippen LogP contribution in [-0.2, 0) is 0 Å². The quantitative estimate of drug-likeness (QED) is 0.665. The number of hydrogen-bond donors (Lipinski definition) is 1. The summed E-state index contributed by atoms with van der Waals surface area (Å²) in [6.07, 6.45) is 6.78. The van der Waals surface area contributed by atoms with E-state index < -0.39 is 0 Å². The Morgan fingerprint density at radius 3 is 2.35 bits per heavy atom. The van der Waals surface area contributed by atoms with Gasteiger partial charge in [-0.25, -0.2) is 0 Å². The number of piperidine rings is 1. The van der Waals surface area contributed by atoms with E-state index in [0.717, 1.165) is 6.04 Å². The summed E-state index contributed by atoms with van der Waals surface area (Å²) in [6, 6.07) is 1.47. The van der Waals surface area contributed by atoms with Gasteiger partial charge in [-0.15, -0.1) is 0 Å². The Balaban J connectivity index is 2.25. The minimum atomic E-state index is 0.715. The van der Waals surface area contributed by atoms with Crippen LogP contribution in [0.3, 0.4) is 0 Å². The summed E-state index contributed by atoms with van der Waals surface area (Å²) in [5.41, 5.74) is 0. The summed E-state index contributed by atoms with van der Waals surface area (Å²) in [6.45, 7) is 16.5. The van der Waals surface area contributed by atoms with E-state index in [1.807, 2.05) is 0 Å². The zero-order chi connectivity index (χ0) is 14.8. The van der Waals surface area contributed by atoms with Gasteiger partial charge in [0.25, 0.3) is 0 Å². The summed E-state index contributed by atoms with van der Waals surface area (Å²) in [7, 11) is 0. The van der Waals surface area contributed by atoms with Crippen molar-refractivity contribution < 1.29 is 0 Å². The van der Waals surface area contributed by atoms with Gasteiger partial charge in [-0.1, -0.05) is 27.2 Å². The smallest absolute Gasteiger partial charge is 0.00818 e. The van der Waals surface area contributed by atoms with Gasteiger partial charge in [-0.05, 0) is 71.9 Å². The standard InChI is InChI=1S/C17H37N3/c1-5-19(6-2)13-10-14-20(7-3)16(4)15-17-11-8-9-12-18-17/h16-18H,5-15H2,1-4H3. The van der Waals surface area contributed by atoms with Crippen molar-refractivity contribution in [2.75, 3.05) is 39.3 Å². The van der Waals surface area contributed by atoms with Crippen molar-refractivity contribution in [3.05, 3.63) is 0 Å². The highest BCUT2D eigenvalue weighted by atomic mass is 15.2. The first-order chi connectivity index (χ1) is 9.71. The molecule has 1 aliphatic heterocycles. The fourth-order valence-electron chi connectivity index (χ4n) is 3.41. The average molecular weight is 284 g/mol. The second-order valence-electron chi connectivity index (χ2n) is 6.24. The lowest BCUT2D eigenvalue weighted by atomic mass is 9.98. The van der Waals surface area contributed by atoms with Crippen LogP contribution in [0.4, 0.5) is 0 Å². The lowest BCUT2D eigenvalue weighted by Crippen LogP contribution is -2.42. The predicted octanol–water partition coefficient (Wildman–Crippen LogP) is 2.96. The normalized spacial score (nSPS) is 21.6. The molecule has 2 unspecified atom stereocenters. The number of rotatable bonds is 10. The average Bonchev–Trinajstić information content (AvgIpc) is 2.48. The first kappa shape index (κ1) is 17.9. The van der Waals surface area contributed by atoms with E-state index in [4.69, 9.17) is 0 Å². The molecule has 1 aliphatic rings. The van der Waals surface area contributed by atoms with Crippen LogP contribution < -0.4 is 5.32 Å². The minimum absolute atomic E-state index is 0.715. The Labute approximate surface area is 127 Å². The summed E-state index contributed by atoms with van der Waals surface area (Å²) in [5, 5.41) is 3.69. The molecule has 3 heteroatoms. The van der Waals surface area contributed by atoms with E-state index in [0.29, 0.717) is 6.04 Å². The molecular formula is C17H37N3. The number of nitrogens with zero attached hydrogens (tertiary/aromatic N) is 2. The van der Waals surface area contributed by atoms with Crippen molar-refractivity contribution in [3.63, 3.8) is 0 Å². The van der Waals surface area contributed by atoms with E-state index in [9.17, 15) is 0 Å². The molecule has 1 fully saturated rings. The van der Waals surface area contributed by atoms with Crippen molar-refractivity contribution in [2.45, 2.75) is 71.9 Å². The summed E-state index contributed by atoms with van der Waals surface area (Å²) in [4.78, 5) is 5.20. The highest BCUT2D eigenvalue weighted by Gasteiger charge is 2.19. The molecule has 0 radical (unpaired) electrons. The maximum absolute atomic E-state index is 3.69. The van der Waals surface area contributed by atoms with Gasteiger partial charge in [0, 0.05) is 12.1 Å². The van der Waals surface area contributed by atoms with E-state index in [1.165, 1.54) is 71.4 Å². The first-order valence-corrected chi connectivity index (χ1v) is 8.90. The third-order valence-electron chi connectivity index (χ3n) is 4.88. The number of nitrogens with one attached hydrogen (secondary N) is 1. The first-order valence-electron chi connectivity index (χ1n) is 8.90. The molecule has 120 valence electrons. The van der Waals surface area contributed by atoms with Crippen molar-refractivity contribution >= 4 is 0 Å². The minimum Gasteiger partial charge on any atom is -0.314 e. The maximum Gasteiger partial charge on any atom is 0.00818 e. The van der Waals surface area contributed by atoms with Gasteiger partial charge in [0.2, 0.25) is 0 Å². The van der Waals surface area contributed by atoms with E-state index in [-0.39, 0.29) is 0 Å². The molecule has 0 aromatic heterocycles. The van der Waals surface area contributed by atoms with Crippen molar-refractivity contribution in [3.8, 4) is 0 Å². The molecule has 0 aromatic carbocycles. The highest BCUT2D eigenvalue weighted by Crippen LogP contribution is 2.15. The van der Waals surface area contributed by atoms with Crippen LogP contribution in [0.15, 0.2) is 0 Å². The zero-order valence-corrected chi connectivity index (χ0v) is 14.3. The molecule has 0 amide bonds. The van der Waals surface area contributed by atoms with E-state index >= 15 is 0 Å². The van der Waals surface area contributed by atoms with Gasteiger partial charge in [0.15, 0.2) is 0 Å². The fraction of sp³-hybridized carbons (Fsp3) is 1.00. The van der Waals surface area contributed by atoms with Crippen molar-refractivity contribution in [1.82, 2.24) is 15.1 Å². The molecule has 0 aliphatic carbocycles. The van der Waals surface area contributed by atoms with Crippen LogP contribution in [-0.4, -0.2) is 61.2 Å². The molecule has 2 atom stereocenters. The van der Waals surface area contributed by atoms with Crippen LogP contribution in [0.1, 0.15) is 59.8 Å². The van der Waals surface area contributed by atoms with E-state index in [1.54, 1.807) is 0 Å². The summed E-state index contributed by atoms with van der Waals surface area (Å²) >= 11 is 0. The van der Waals surface area contributed by atoms with Crippen LogP contribution in [0.5, 0.6) is 0 Å². The van der Waals surface area contributed by atoms with Crippen LogP contribution in [0.2, 0.25) is 0 Å². The van der Waals surface area contributed by atoms with Crippen LogP contribution >= 0.6 is 0 Å². The summed E-state index contributed by atoms with van der Waals surface area (Å²) < 4.78 is 0. The molecule has 3 nitrogen and oxygen atoms in total. The Morgan fingerprint density at radius 2 is 1.80 bits per heavy atom. The molecule has 0 aromatic rings. The van der Waals surface area contributed by atoms with Crippen LogP contribution in [0.25, 0.3) is 0 Å². The number of hydrogen-bond acceptors (Lipinski definition) is 3. The molecule has 0 saturated carbocycles. The van der Waals surface area contributed by atoms with Crippen molar-refractivity contribution in [1.29, 1.82) is 0 Å². The Bertz CT molecular complexity index is 222. The summed E-state index contributed by atoms with van der Waals surface area (Å²) in [5.74, 6) is 0. The maximum atomic E-state index is 3.69. The third-order valence-corrected chi connectivity index (χ3v) is 4.88. The Kier molecular flexibility index (Phi) is 9.49. The molecule has 1 N–H and O–H groups in total. The highest BCUT2D eigenvalue weighted by molar-refractivity contribution is 4.78. The second kappa shape index (κ2) is 10.6. The monoisotopic (exact) mass is 283 g/mol. The van der Waals surface area contributed by atoms with Crippen LogP contribution in [0, 0.1) is 0 Å². The van der Waals surface area contributed by atoms with E-state index in [2.05, 4.69) is 42.8 Å². The molecule has 1 saturated heterocycles. The lowest BCUT2D eigenvalue weighted by Gasteiger charge is -2.33. The second-order valence-corrected chi connectivity index (χ2v) is 6.24. The van der Waals surface area contributed by atoms with Gasteiger partial charge in [0.1, 0.15) is 0 Å². The topological polar surface area (TPSA) is 18.5 Å². The predicted molar refractivity (Wildman–Crippen MR) is 89.4 cm³/mol. The molecule has 20 heavy (non-hydrogen) atoms. The van der Waals surface area contributed by atoms with Gasteiger partial charge in [0.05, 0.1) is 0 Å². The molecule has 1 heterocycles. The molecule has 0 bridgehead atoms. The van der Waals surface area contributed by atoms with Gasteiger partial charge in [-0.2, -0.15) is 0 Å². The third kappa shape index (κ3) is 6.55. The van der Waals surface area contributed by atoms with Gasteiger partial charge >= 0.3 is 0 Å².